The molecule has 0 saturated carbocycles. The number of hydrogen-bond acceptors (Lipinski definition) is 4. The number of para-hydroxylation sites is 1. The molecule has 16 heavy (non-hydrogen) atoms. The number of anilines is 1. The van der Waals surface area contributed by atoms with E-state index in [2.05, 4.69) is 9.97 Å². The molecule has 0 spiro atoms. The van der Waals surface area contributed by atoms with E-state index < -0.39 is 0 Å². The zero-order valence-electron chi connectivity index (χ0n) is 8.84. The highest BCUT2D eigenvalue weighted by Crippen LogP contribution is 2.08. The average molecular weight is 215 g/mol. The Morgan fingerprint density at radius 1 is 1.06 bits per heavy atom. The molecule has 82 valence electrons. The van der Waals surface area contributed by atoms with Crippen LogP contribution in [0.3, 0.4) is 0 Å². The number of hydrogen-bond donors (Lipinski definition) is 1. The molecular weight excluding hydrogens is 202 g/mol. The van der Waals surface area contributed by atoms with E-state index in [1.807, 2.05) is 30.3 Å². The van der Waals surface area contributed by atoms with Crippen LogP contribution in [0, 0.1) is 0 Å². The van der Waals surface area contributed by atoms with Crippen molar-refractivity contribution in [3.05, 3.63) is 48.5 Å². The Kier molecular flexibility index (Phi) is 3.33. The van der Waals surface area contributed by atoms with E-state index in [4.69, 9.17) is 10.5 Å². The van der Waals surface area contributed by atoms with Crippen molar-refractivity contribution in [3.63, 3.8) is 0 Å². The van der Waals surface area contributed by atoms with Crippen LogP contribution in [0.25, 0.3) is 0 Å². The topological polar surface area (TPSA) is 61.0 Å². The minimum absolute atomic E-state index is 0.563. The molecule has 0 saturated heterocycles. The van der Waals surface area contributed by atoms with Crippen molar-refractivity contribution in [3.8, 4) is 5.75 Å². The highest BCUT2D eigenvalue weighted by molar-refractivity contribution is 5.30. The van der Waals surface area contributed by atoms with Gasteiger partial charge in [0.25, 0.3) is 0 Å². The van der Waals surface area contributed by atoms with E-state index in [9.17, 15) is 0 Å². The van der Waals surface area contributed by atoms with Gasteiger partial charge in [-0.15, -0.1) is 0 Å². The largest absolute Gasteiger partial charge is 0.493 e. The summed E-state index contributed by atoms with van der Waals surface area (Å²) in [5.74, 6) is 1.60. The Morgan fingerprint density at radius 3 is 2.44 bits per heavy atom. The van der Waals surface area contributed by atoms with Gasteiger partial charge in [0.2, 0.25) is 0 Å². The molecule has 4 nitrogen and oxygen atoms in total. The number of nitrogen functional groups attached to an aromatic ring is 1. The maximum atomic E-state index is 5.53. The molecule has 0 aliphatic carbocycles. The first-order valence-electron chi connectivity index (χ1n) is 5.09. The lowest BCUT2D eigenvalue weighted by atomic mass is 10.3. The van der Waals surface area contributed by atoms with E-state index in [0.717, 1.165) is 11.6 Å². The molecule has 0 unspecified atom stereocenters. The quantitative estimate of drug-likeness (QED) is 0.842. The Hall–Kier alpha value is -2.10. The predicted molar refractivity (Wildman–Crippen MR) is 62.1 cm³/mol. The second kappa shape index (κ2) is 5.11. The van der Waals surface area contributed by atoms with Crippen LogP contribution >= 0.6 is 0 Å². The summed E-state index contributed by atoms with van der Waals surface area (Å²) in [6.45, 7) is 0.563. The summed E-state index contributed by atoms with van der Waals surface area (Å²) < 4.78 is 5.53. The minimum atomic E-state index is 0.563. The first kappa shape index (κ1) is 10.4. The van der Waals surface area contributed by atoms with Crippen molar-refractivity contribution in [2.45, 2.75) is 6.42 Å². The lowest BCUT2D eigenvalue weighted by molar-refractivity contribution is 0.319. The molecule has 0 atom stereocenters. The zero-order chi connectivity index (χ0) is 11.2. The van der Waals surface area contributed by atoms with Gasteiger partial charge in [0.15, 0.2) is 0 Å². The number of nitrogens with zero attached hydrogens (tertiary/aromatic N) is 2. The molecule has 0 radical (unpaired) electrons. The second-order valence-corrected chi connectivity index (χ2v) is 3.34. The SMILES string of the molecule is Nc1cnc(CCOc2ccccc2)nc1. The Balaban J connectivity index is 1.82. The summed E-state index contributed by atoms with van der Waals surface area (Å²) in [6.07, 6.45) is 3.88. The minimum Gasteiger partial charge on any atom is -0.493 e. The van der Waals surface area contributed by atoms with E-state index in [0.29, 0.717) is 18.7 Å². The van der Waals surface area contributed by atoms with E-state index in [-0.39, 0.29) is 0 Å². The van der Waals surface area contributed by atoms with Crippen LogP contribution in [0.15, 0.2) is 42.7 Å². The fourth-order valence-electron chi connectivity index (χ4n) is 1.27. The molecule has 1 heterocycles. The predicted octanol–water partition coefficient (Wildman–Crippen LogP) is 1.68. The highest BCUT2D eigenvalue weighted by Gasteiger charge is 1.97. The molecule has 2 N–H and O–H groups in total. The number of rotatable bonds is 4. The van der Waals surface area contributed by atoms with Crippen molar-refractivity contribution in [1.82, 2.24) is 9.97 Å². The first-order chi connectivity index (χ1) is 7.84. The first-order valence-corrected chi connectivity index (χ1v) is 5.09. The third-order valence-electron chi connectivity index (χ3n) is 2.06. The van der Waals surface area contributed by atoms with Crippen molar-refractivity contribution < 1.29 is 4.74 Å². The summed E-state index contributed by atoms with van der Waals surface area (Å²) >= 11 is 0. The van der Waals surface area contributed by atoms with Gasteiger partial charge in [-0.1, -0.05) is 18.2 Å². The zero-order valence-corrected chi connectivity index (χ0v) is 8.84. The molecule has 0 amide bonds. The maximum absolute atomic E-state index is 5.53. The fraction of sp³-hybridized carbons (Fsp3) is 0.167. The van der Waals surface area contributed by atoms with Crippen LogP contribution < -0.4 is 10.5 Å². The summed E-state index contributed by atoms with van der Waals surface area (Å²) in [7, 11) is 0. The van der Waals surface area contributed by atoms with Crippen LogP contribution in [0.1, 0.15) is 5.82 Å². The molecule has 2 rings (SSSR count). The Labute approximate surface area is 94.1 Å². The molecular formula is C12H13N3O. The molecule has 4 heteroatoms. The smallest absolute Gasteiger partial charge is 0.131 e. The fourth-order valence-corrected chi connectivity index (χ4v) is 1.27. The average Bonchev–Trinajstić information content (AvgIpc) is 2.33. The van der Waals surface area contributed by atoms with Crippen LogP contribution in [0.4, 0.5) is 5.69 Å². The van der Waals surface area contributed by atoms with Crippen molar-refractivity contribution in [2.75, 3.05) is 12.3 Å². The standard InChI is InChI=1S/C12H13N3O/c13-10-8-14-12(15-9-10)6-7-16-11-4-2-1-3-5-11/h1-5,8-9H,6-7,13H2. The van der Waals surface area contributed by atoms with Gasteiger partial charge in [-0.05, 0) is 12.1 Å². The van der Waals surface area contributed by atoms with E-state index in [1.54, 1.807) is 12.4 Å². The monoisotopic (exact) mass is 215 g/mol. The van der Waals surface area contributed by atoms with Gasteiger partial charge in [0.05, 0.1) is 24.7 Å². The number of benzene rings is 1. The third-order valence-corrected chi connectivity index (χ3v) is 2.06. The van der Waals surface area contributed by atoms with Crippen LogP contribution in [-0.4, -0.2) is 16.6 Å². The highest BCUT2D eigenvalue weighted by atomic mass is 16.5. The normalized spacial score (nSPS) is 10.0. The molecule has 0 aliphatic rings. The van der Waals surface area contributed by atoms with Gasteiger partial charge in [-0.25, -0.2) is 9.97 Å². The second-order valence-electron chi connectivity index (χ2n) is 3.34. The summed E-state index contributed by atoms with van der Waals surface area (Å²) in [6, 6.07) is 9.67. The number of aromatic nitrogens is 2. The van der Waals surface area contributed by atoms with Crippen molar-refractivity contribution in [2.24, 2.45) is 0 Å². The van der Waals surface area contributed by atoms with Gasteiger partial charge < -0.3 is 10.5 Å². The van der Waals surface area contributed by atoms with Gasteiger partial charge in [-0.2, -0.15) is 0 Å². The summed E-state index contributed by atoms with van der Waals surface area (Å²) in [5, 5.41) is 0. The van der Waals surface area contributed by atoms with Crippen molar-refractivity contribution >= 4 is 5.69 Å². The Morgan fingerprint density at radius 2 is 1.75 bits per heavy atom. The summed E-state index contributed by atoms with van der Waals surface area (Å²) in [5.41, 5.74) is 6.07. The van der Waals surface area contributed by atoms with Gasteiger partial charge in [0.1, 0.15) is 11.6 Å². The van der Waals surface area contributed by atoms with Crippen molar-refractivity contribution in [1.29, 1.82) is 0 Å². The molecule has 1 aromatic heterocycles. The molecule has 2 aromatic rings. The van der Waals surface area contributed by atoms with Crippen LogP contribution in [0.2, 0.25) is 0 Å². The molecule has 0 fully saturated rings. The maximum Gasteiger partial charge on any atom is 0.131 e. The van der Waals surface area contributed by atoms with Gasteiger partial charge >= 0.3 is 0 Å². The number of ether oxygens (including phenoxy) is 1. The Bertz CT molecular complexity index is 428. The third kappa shape index (κ3) is 2.95. The number of nitrogens with two attached hydrogens (primary N) is 1. The molecule has 0 aliphatic heterocycles. The van der Waals surface area contributed by atoms with Crippen LogP contribution in [0.5, 0.6) is 5.75 Å². The van der Waals surface area contributed by atoms with E-state index >= 15 is 0 Å². The summed E-state index contributed by atoms with van der Waals surface area (Å²) in [4.78, 5) is 8.19. The van der Waals surface area contributed by atoms with Gasteiger partial charge in [0, 0.05) is 6.42 Å². The molecule has 0 bridgehead atoms. The van der Waals surface area contributed by atoms with E-state index in [1.165, 1.54) is 0 Å². The lowest BCUT2D eigenvalue weighted by Gasteiger charge is -2.04. The van der Waals surface area contributed by atoms with Crippen LogP contribution in [-0.2, 0) is 6.42 Å². The lowest BCUT2D eigenvalue weighted by Crippen LogP contribution is -2.05. The van der Waals surface area contributed by atoms with Gasteiger partial charge in [-0.3, -0.25) is 0 Å². The molecule has 1 aromatic carbocycles.